The number of hydrogen-bond donors (Lipinski definition) is 2. The van der Waals surface area contributed by atoms with Gasteiger partial charge < -0.3 is 15.5 Å². The Morgan fingerprint density at radius 2 is 1.83 bits per heavy atom. The fourth-order valence-corrected chi connectivity index (χ4v) is 3.66. The molecule has 0 spiro atoms. The van der Waals surface area contributed by atoms with E-state index in [4.69, 9.17) is 11.6 Å². The number of nitrogens with zero attached hydrogens (tertiary/aromatic N) is 2. The maximum Gasteiger partial charge on any atom is 0.329 e. The maximum atomic E-state index is 13.2. The number of halogens is 2. The molecule has 0 radical (unpaired) electrons. The summed E-state index contributed by atoms with van der Waals surface area (Å²) in [6, 6.07) is 9.48. The zero-order chi connectivity index (χ0) is 20.7. The molecule has 0 bridgehead atoms. The Morgan fingerprint density at radius 1 is 1.14 bits per heavy atom. The number of benzene rings is 2. The number of imide groups is 1. The summed E-state index contributed by atoms with van der Waals surface area (Å²) in [5.74, 6) is -1.46. The van der Waals surface area contributed by atoms with Crippen LogP contribution in [0, 0.1) is 5.82 Å². The molecule has 2 aromatic carbocycles. The molecule has 2 unspecified atom stereocenters. The molecule has 0 aromatic heterocycles. The van der Waals surface area contributed by atoms with Crippen LogP contribution in [0.5, 0.6) is 0 Å². The molecule has 7 nitrogen and oxygen atoms in total. The summed E-state index contributed by atoms with van der Waals surface area (Å²) in [4.78, 5) is 41.0. The van der Waals surface area contributed by atoms with Crippen molar-refractivity contribution in [2.75, 3.05) is 17.3 Å². The molecule has 2 N–H and O–H groups in total. The summed E-state index contributed by atoms with van der Waals surface area (Å²) in [5.41, 5.74) is 0.903. The highest BCUT2D eigenvalue weighted by atomic mass is 35.5. The molecule has 2 atom stereocenters. The molecular formula is C20H16ClFN4O3. The van der Waals surface area contributed by atoms with Gasteiger partial charge in [-0.3, -0.25) is 9.59 Å². The third-order valence-electron chi connectivity index (χ3n) is 4.86. The Morgan fingerprint density at radius 3 is 2.52 bits per heavy atom. The van der Waals surface area contributed by atoms with E-state index in [0.717, 1.165) is 4.90 Å². The highest BCUT2D eigenvalue weighted by Crippen LogP contribution is 2.30. The van der Waals surface area contributed by atoms with Crippen molar-refractivity contribution in [1.82, 2.24) is 10.2 Å². The quantitative estimate of drug-likeness (QED) is 0.809. The minimum atomic E-state index is -0.820. The van der Waals surface area contributed by atoms with Crippen molar-refractivity contribution < 1.29 is 18.8 Å². The second-order valence-electron chi connectivity index (χ2n) is 6.71. The topological polar surface area (TPSA) is 81.8 Å². The predicted molar refractivity (Wildman–Crippen MR) is 106 cm³/mol. The van der Waals surface area contributed by atoms with Crippen LogP contribution in [0.3, 0.4) is 0 Å². The van der Waals surface area contributed by atoms with Gasteiger partial charge in [0.2, 0.25) is 0 Å². The number of nitrogens with one attached hydrogen (secondary N) is 2. The lowest BCUT2D eigenvalue weighted by atomic mass is 9.99. The van der Waals surface area contributed by atoms with E-state index in [1.165, 1.54) is 30.5 Å². The second kappa shape index (κ2) is 7.21. The average Bonchev–Trinajstić information content (AvgIpc) is 3.01. The average molecular weight is 415 g/mol. The molecule has 2 aliphatic rings. The number of amides is 4. The van der Waals surface area contributed by atoms with Crippen LogP contribution in [-0.4, -0.2) is 41.9 Å². The number of likely N-dealkylation sites (N-methyl/N-ethyl adjacent to an activating group) is 1. The summed E-state index contributed by atoms with van der Waals surface area (Å²) < 4.78 is 13.2. The van der Waals surface area contributed by atoms with Crippen molar-refractivity contribution >= 4 is 40.8 Å². The molecule has 2 aliphatic heterocycles. The molecule has 9 heteroatoms. The first-order valence-corrected chi connectivity index (χ1v) is 9.14. The molecular weight excluding hydrogens is 399 g/mol. The second-order valence-corrected chi connectivity index (χ2v) is 7.11. The molecule has 1 saturated heterocycles. The van der Waals surface area contributed by atoms with E-state index in [1.807, 2.05) is 0 Å². The fraction of sp³-hybridized carbons (Fsp3) is 0.150. The lowest BCUT2D eigenvalue weighted by molar-refractivity contribution is -0.122. The number of fused-ring (bicyclic) bond motifs is 1. The number of rotatable bonds is 3. The monoisotopic (exact) mass is 414 g/mol. The molecule has 2 heterocycles. The fourth-order valence-electron chi connectivity index (χ4n) is 3.48. The first-order valence-electron chi connectivity index (χ1n) is 8.76. The smallest absolute Gasteiger partial charge is 0.329 e. The van der Waals surface area contributed by atoms with Crippen LogP contribution in [0.15, 0.2) is 60.3 Å². The van der Waals surface area contributed by atoms with Gasteiger partial charge in [-0.2, -0.15) is 0 Å². The number of carbonyl (C=O) groups excluding carboxylic acids is 3. The summed E-state index contributed by atoms with van der Waals surface area (Å²) in [7, 11) is 1.64. The largest absolute Gasteiger partial charge is 0.366 e. The van der Waals surface area contributed by atoms with E-state index in [-0.39, 0.29) is 11.3 Å². The van der Waals surface area contributed by atoms with Crippen molar-refractivity contribution in [2.45, 2.75) is 12.1 Å². The molecule has 0 aliphatic carbocycles. The highest BCUT2D eigenvalue weighted by Gasteiger charge is 2.49. The zero-order valence-electron chi connectivity index (χ0n) is 15.2. The van der Waals surface area contributed by atoms with E-state index in [2.05, 4.69) is 10.6 Å². The lowest BCUT2D eigenvalue weighted by Crippen LogP contribution is -2.65. The van der Waals surface area contributed by atoms with Crippen LogP contribution < -0.4 is 15.5 Å². The van der Waals surface area contributed by atoms with Gasteiger partial charge in [-0.25, -0.2) is 14.1 Å². The zero-order valence-corrected chi connectivity index (χ0v) is 16.0. The summed E-state index contributed by atoms with van der Waals surface area (Å²) in [5, 5.41) is 5.77. The molecule has 4 amide bonds. The van der Waals surface area contributed by atoms with Gasteiger partial charge in [-0.1, -0.05) is 23.7 Å². The molecule has 2 aromatic rings. The minimum absolute atomic E-state index is 0.234. The van der Waals surface area contributed by atoms with Crippen LogP contribution in [0.25, 0.3) is 0 Å². The van der Waals surface area contributed by atoms with Crippen LogP contribution in [0.4, 0.5) is 20.6 Å². The van der Waals surface area contributed by atoms with Crippen LogP contribution in [-0.2, 0) is 9.59 Å². The summed E-state index contributed by atoms with van der Waals surface area (Å²) in [6.07, 6.45) is 1.52. The van der Waals surface area contributed by atoms with E-state index >= 15 is 0 Å². The third kappa shape index (κ3) is 3.31. The SMILES string of the molecule is CN1C=C(C(=O)Nc2ccccc2Cl)C2NC(=O)N(c3ccc(F)cc3)C(=O)C21. The Kier molecular flexibility index (Phi) is 4.71. The molecule has 0 saturated carbocycles. The van der Waals surface area contributed by atoms with Gasteiger partial charge in [0, 0.05) is 13.2 Å². The number of para-hydroxylation sites is 1. The standard InChI is InChI=1S/C20H16ClFN4O3/c1-25-10-13(18(27)23-15-5-3-2-4-14(15)21)16-17(25)19(28)26(20(29)24-16)12-8-6-11(22)7-9-12/h2-10,16-17H,1H3,(H,23,27)(H,24,29). The van der Waals surface area contributed by atoms with Gasteiger partial charge in [0.05, 0.1) is 28.0 Å². The minimum Gasteiger partial charge on any atom is -0.366 e. The molecule has 1 fully saturated rings. The summed E-state index contributed by atoms with van der Waals surface area (Å²) in [6.45, 7) is 0. The van der Waals surface area contributed by atoms with E-state index < -0.39 is 35.7 Å². The normalized spacial score (nSPS) is 20.9. The number of urea groups is 1. The van der Waals surface area contributed by atoms with Gasteiger partial charge >= 0.3 is 6.03 Å². The first kappa shape index (κ1) is 18.9. The van der Waals surface area contributed by atoms with Crippen molar-refractivity contribution in [3.8, 4) is 0 Å². The maximum absolute atomic E-state index is 13.2. The molecule has 4 rings (SSSR count). The van der Waals surface area contributed by atoms with Crippen molar-refractivity contribution in [1.29, 1.82) is 0 Å². The van der Waals surface area contributed by atoms with Crippen molar-refractivity contribution in [2.24, 2.45) is 0 Å². The van der Waals surface area contributed by atoms with E-state index in [0.29, 0.717) is 10.7 Å². The molecule has 148 valence electrons. The van der Waals surface area contributed by atoms with Gasteiger partial charge in [0.1, 0.15) is 11.9 Å². The van der Waals surface area contributed by atoms with Crippen LogP contribution in [0.1, 0.15) is 0 Å². The van der Waals surface area contributed by atoms with Gasteiger partial charge in [-0.15, -0.1) is 0 Å². The van der Waals surface area contributed by atoms with Crippen molar-refractivity contribution in [3.05, 3.63) is 71.1 Å². The number of carbonyl (C=O) groups is 3. The Hall–Kier alpha value is -3.39. The van der Waals surface area contributed by atoms with Crippen molar-refractivity contribution in [3.63, 3.8) is 0 Å². The Balaban J connectivity index is 1.58. The Bertz CT molecular complexity index is 1040. The van der Waals surface area contributed by atoms with E-state index in [9.17, 15) is 18.8 Å². The lowest BCUT2D eigenvalue weighted by Gasteiger charge is -2.37. The van der Waals surface area contributed by atoms with Gasteiger partial charge in [0.25, 0.3) is 11.8 Å². The van der Waals surface area contributed by atoms with Gasteiger partial charge in [0.15, 0.2) is 0 Å². The Labute approximate surface area is 170 Å². The number of anilines is 2. The molecule has 29 heavy (non-hydrogen) atoms. The van der Waals surface area contributed by atoms with Crippen LogP contribution >= 0.6 is 11.6 Å². The first-order chi connectivity index (χ1) is 13.9. The third-order valence-corrected chi connectivity index (χ3v) is 5.19. The summed E-state index contributed by atoms with van der Waals surface area (Å²) >= 11 is 6.08. The predicted octanol–water partition coefficient (Wildman–Crippen LogP) is 2.74. The van der Waals surface area contributed by atoms with Gasteiger partial charge in [-0.05, 0) is 36.4 Å². The highest BCUT2D eigenvalue weighted by molar-refractivity contribution is 6.34. The van der Waals surface area contributed by atoms with Crippen LogP contribution in [0.2, 0.25) is 5.02 Å². The number of hydrogen-bond acceptors (Lipinski definition) is 4. The van der Waals surface area contributed by atoms with E-state index in [1.54, 1.807) is 36.2 Å².